The van der Waals surface area contributed by atoms with Crippen molar-refractivity contribution in [3.63, 3.8) is 0 Å². The lowest BCUT2D eigenvalue weighted by atomic mass is 10.3. The number of hydrogen-bond acceptors (Lipinski definition) is 7. The molecule has 1 fully saturated rings. The molecule has 5 heterocycles. The van der Waals surface area contributed by atoms with Gasteiger partial charge in [0, 0.05) is 58.1 Å². The predicted molar refractivity (Wildman–Crippen MR) is 122 cm³/mol. The minimum atomic E-state index is -3.79. The van der Waals surface area contributed by atoms with E-state index in [2.05, 4.69) is 15.0 Å². The fourth-order valence-corrected chi connectivity index (χ4v) is 5.80. The standard InChI is InChI=1S/C20H22N8O5S/c1-24-12-23-18-16(24)19(30)28(20(31)25(18)2)11-15(29)26-6-8-27(9-7-26)34(32,33)14-10-22-17-13(14)4-3-5-21-17/h3-5,10,12H,6-9,11H2,1-2H3,(H,21,22). The maximum Gasteiger partial charge on any atom is 0.332 e. The minimum Gasteiger partial charge on any atom is -0.345 e. The van der Waals surface area contributed by atoms with Gasteiger partial charge in [0.15, 0.2) is 11.2 Å². The molecule has 4 aromatic heterocycles. The molecule has 1 aliphatic heterocycles. The molecule has 0 saturated carbocycles. The largest absolute Gasteiger partial charge is 0.345 e. The molecule has 1 aliphatic rings. The quantitative estimate of drug-likeness (QED) is 0.383. The van der Waals surface area contributed by atoms with E-state index in [-0.39, 0.29) is 42.2 Å². The lowest BCUT2D eigenvalue weighted by molar-refractivity contribution is -0.133. The van der Waals surface area contributed by atoms with Crippen LogP contribution in [0.5, 0.6) is 0 Å². The lowest BCUT2D eigenvalue weighted by Gasteiger charge is -2.34. The van der Waals surface area contributed by atoms with Gasteiger partial charge < -0.3 is 14.5 Å². The van der Waals surface area contributed by atoms with Gasteiger partial charge in [0.05, 0.1) is 6.33 Å². The van der Waals surface area contributed by atoms with Gasteiger partial charge in [0.1, 0.15) is 17.1 Å². The molecule has 5 rings (SSSR count). The van der Waals surface area contributed by atoms with Gasteiger partial charge in [-0.05, 0) is 12.1 Å². The molecule has 0 bridgehead atoms. The summed E-state index contributed by atoms with van der Waals surface area (Å²) in [6.07, 6.45) is 4.42. The van der Waals surface area contributed by atoms with E-state index in [0.717, 1.165) is 4.57 Å². The van der Waals surface area contributed by atoms with Crippen LogP contribution < -0.4 is 11.2 Å². The van der Waals surface area contributed by atoms with E-state index in [1.54, 1.807) is 25.4 Å². The highest BCUT2D eigenvalue weighted by Crippen LogP contribution is 2.25. The number of rotatable bonds is 4. The van der Waals surface area contributed by atoms with Gasteiger partial charge >= 0.3 is 5.69 Å². The zero-order chi connectivity index (χ0) is 24.2. The molecule has 1 N–H and O–H groups in total. The second-order valence-corrected chi connectivity index (χ2v) is 10.0. The fraction of sp³-hybridized carbons (Fsp3) is 0.350. The number of aromatic amines is 1. The van der Waals surface area contributed by atoms with Crippen LogP contribution in [0.15, 0.2) is 45.3 Å². The summed E-state index contributed by atoms with van der Waals surface area (Å²) in [7, 11) is -0.665. The van der Waals surface area contributed by atoms with Crippen molar-refractivity contribution in [2.75, 3.05) is 26.2 Å². The average Bonchev–Trinajstić information content (AvgIpc) is 3.44. The minimum absolute atomic E-state index is 0.0919. The van der Waals surface area contributed by atoms with Crippen LogP contribution in [0.25, 0.3) is 22.2 Å². The van der Waals surface area contributed by atoms with Crippen molar-refractivity contribution in [3.05, 3.63) is 51.7 Å². The number of imidazole rings is 1. The summed E-state index contributed by atoms with van der Waals surface area (Å²) in [5, 5.41) is 0.502. The summed E-state index contributed by atoms with van der Waals surface area (Å²) in [4.78, 5) is 51.1. The second-order valence-electron chi connectivity index (χ2n) is 8.10. The van der Waals surface area contributed by atoms with Gasteiger partial charge in [0.2, 0.25) is 15.9 Å². The monoisotopic (exact) mass is 486 g/mol. The summed E-state index contributed by atoms with van der Waals surface area (Å²) < 4.78 is 31.3. The summed E-state index contributed by atoms with van der Waals surface area (Å²) in [6, 6.07) is 3.35. The first-order chi connectivity index (χ1) is 16.2. The van der Waals surface area contributed by atoms with E-state index in [1.807, 2.05) is 0 Å². The molecule has 0 aliphatic carbocycles. The Morgan fingerprint density at radius 2 is 1.85 bits per heavy atom. The van der Waals surface area contributed by atoms with Crippen LogP contribution in [0.2, 0.25) is 0 Å². The number of H-pyrrole nitrogens is 1. The van der Waals surface area contributed by atoms with E-state index < -0.39 is 33.7 Å². The molecule has 34 heavy (non-hydrogen) atoms. The molecule has 0 spiro atoms. The first kappa shape index (κ1) is 22.0. The van der Waals surface area contributed by atoms with E-state index in [1.165, 1.54) is 37.9 Å². The predicted octanol–water partition coefficient (Wildman–Crippen LogP) is -1.16. The third-order valence-corrected chi connectivity index (χ3v) is 8.06. The fourth-order valence-electron chi connectivity index (χ4n) is 4.23. The topological polar surface area (TPSA) is 148 Å². The van der Waals surface area contributed by atoms with E-state index in [0.29, 0.717) is 11.0 Å². The van der Waals surface area contributed by atoms with Crippen LogP contribution in [-0.2, 0) is 35.5 Å². The van der Waals surface area contributed by atoms with Crippen molar-refractivity contribution >= 4 is 38.1 Å². The molecule has 0 unspecified atom stereocenters. The summed E-state index contributed by atoms with van der Waals surface area (Å²) in [5.41, 5.74) is -0.293. The maximum absolute atomic E-state index is 13.2. The van der Waals surface area contributed by atoms with Crippen LogP contribution >= 0.6 is 0 Å². The number of carbonyl (C=O) groups excluding carboxylic acids is 1. The van der Waals surface area contributed by atoms with Gasteiger partial charge in [-0.1, -0.05) is 0 Å². The molecule has 13 nitrogen and oxygen atoms in total. The highest BCUT2D eigenvalue weighted by Gasteiger charge is 2.32. The smallest absolute Gasteiger partial charge is 0.332 e. The van der Waals surface area contributed by atoms with Crippen molar-refractivity contribution in [1.82, 2.24) is 37.9 Å². The Labute approximate surface area is 192 Å². The average molecular weight is 487 g/mol. The van der Waals surface area contributed by atoms with E-state index >= 15 is 0 Å². The van der Waals surface area contributed by atoms with Crippen LogP contribution in [0.3, 0.4) is 0 Å². The lowest BCUT2D eigenvalue weighted by Crippen LogP contribution is -2.52. The number of hydrogen-bond donors (Lipinski definition) is 1. The van der Waals surface area contributed by atoms with Crippen molar-refractivity contribution < 1.29 is 13.2 Å². The zero-order valence-electron chi connectivity index (χ0n) is 18.5. The van der Waals surface area contributed by atoms with Gasteiger partial charge in [0.25, 0.3) is 5.56 Å². The molecule has 0 atom stereocenters. The van der Waals surface area contributed by atoms with Crippen LogP contribution in [0.4, 0.5) is 0 Å². The van der Waals surface area contributed by atoms with Gasteiger partial charge in [-0.15, -0.1) is 0 Å². The number of carbonyl (C=O) groups is 1. The van der Waals surface area contributed by atoms with Crippen molar-refractivity contribution in [1.29, 1.82) is 0 Å². The van der Waals surface area contributed by atoms with Crippen molar-refractivity contribution in [2.45, 2.75) is 11.4 Å². The number of nitrogens with one attached hydrogen (secondary N) is 1. The van der Waals surface area contributed by atoms with Crippen molar-refractivity contribution in [3.8, 4) is 0 Å². The molecule has 4 aromatic rings. The molecule has 14 heteroatoms. The number of amides is 1. The highest BCUT2D eigenvalue weighted by molar-refractivity contribution is 7.89. The Bertz CT molecular complexity index is 1650. The van der Waals surface area contributed by atoms with Gasteiger partial charge in [-0.25, -0.2) is 27.7 Å². The molecular weight excluding hydrogens is 464 g/mol. The summed E-state index contributed by atoms with van der Waals surface area (Å²) in [6.45, 7) is 0.0280. The Morgan fingerprint density at radius 3 is 2.59 bits per heavy atom. The number of pyridine rings is 1. The maximum atomic E-state index is 13.2. The molecule has 1 saturated heterocycles. The zero-order valence-corrected chi connectivity index (χ0v) is 19.3. The Kier molecular flexibility index (Phi) is 5.13. The van der Waals surface area contributed by atoms with Crippen molar-refractivity contribution in [2.24, 2.45) is 14.1 Å². The Balaban J connectivity index is 1.34. The van der Waals surface area contributed by atoms with Gasteiger partial charge in [-0.3, -0.25) is 14.2 Å². The first-order valence-electron chi connectivity index (χ1n) is 10.5. The molecule has 1 amide bonds. The number of aryl methyl sites for hydroxylation is 2. The third kappa shape index (κ3) is 3.33. The highest BCUT2D eigenvalue weighted by atomic mass is 32.2. The Hall–Kier alpha value is -3.78. The summed E-state index contributed by atoms with van der Waals surface area (Å²) >= 11 is 0. The number of piperazine rings is 1. The normalized spacial score (nSPS) is 15.4. The molecule has 0 aromatic carbocycles. The number of sulfonamides is 1. The van der Waals surface area contributed by atoms with Crippen LogP contribution in [0.1, 0.15) is 0 Å². The van der Waals surface area contributed by atoms with Gasteiger partial charge in [-0.2, -0.15) is 4.31 Å². The molecular formula is C20H22N8O5S. The summed E-state index contributed by atoms with van der Waals surface area (Å²) in [5.74, 6) is -0.436. The Morgan fingerprint density at radius 1 is 1.12 bits per heavy atom. The van der Waals surface area contributed by atoms with Crippen LogP contribution in [0, 0.1) is 0 Å². The third-order valence-electron chi connectivity index (χ3n) is 6.12. The number of nitrogens with zero attached hydrogens (tertiary/aromatic N) is 7. The molecule has 0 radical (unpaired) electrons. The van der Waals surface area contributed by atoms with Crippen LogP contribution in [-0.4, -0.2) is 78.4 Å². The second kappa shape index (κ2) is 7.92. The first-order valence-corrected chi connectivity index (χ1v) is 11.9. The van der Waals surface area contributed by atoms with E-state index in [4.69, 9.17) is 0 Å². The number of fused-ring (bicyclic) bond motifs is 2. The SMILES string of the molecule is Cn1cnc2c1c(=O)n(CC(=O)N1CCN(S(=O)(=O)c3c[nH]c4ncccc34)CC1)c(=O)n2C. The molecule has 178 valence electrons. The number of aromatic nitrogens is 6. The van der Waals surface area contributed by atoms with E-state index in [9.17, 15) is 22.8 Å².